The van der Waals surface area contributed by atoms with Crippen molar-refractivity contribution >= 4 is 44.4 Å². The lowest BCUT2D eigenvalue weighted by Gasteiger charge is -2.43. The molecule has 1 aliphatic heterocycles. The molecule has 0 saturated heterocycles. The predicted molar refractivity (Wildman–Crippen MR) is 122 cm³/mol. The zero-order chi connectivity index (χ0) is 22.5. The lowest BCUT2D eigenvalue weighted by molar-refractivity contribution is -0.384. The number of carbonyl (C=O) groups is 1. The number of thiophene rings is 1. The molecule has 9 heteroatoms. The number of nitriles is 1. The maximum absolute atomic E-state index is 13.4. The van der Waals surface area contributed by atoms with E-state index < -0.39 is 10.8 Å². The highest BCUT2D eigenvalue weighted by Gasteiger charge is 2.45. The van der Waals surface area contributed by atoms with Crippen LogP contribution in [0.4, 0.5) is 11.4 Å². The maximum Gasteiger partial charge on any atom is 0.269 e. The van der Waals surface area contributed by atoms with Gasteiger partial charge in [-0.15, -0.1) is 11.3 Å². The molecule has 158 valence electrons. The highest BCUT2D eigenvalue weighted by molar-refractivity contribution is 9.10. The Hall–Kier alpha value is -2.96. The van der Waals surface area contributed by atoms with Crippen LogP contribution in [0.15, 0.2) is 62.8 Å². The first-order valence-corrected chi connectivity index (χ1v) is 11.2. The molecule has 0 spiro atoms. The fraction of sp³-hybridized carbons (Fsp3) is 0.273. The summed E-state index contributed by atoms with van der Waals surface area (Å²) in [5.74, 6) is -0.280. The van der Waals surface area contributed by atoms with Crippen LogP contribution in [0.5, 0.6) is 0 Å². The summed E-state index contributed by atoms with van der Waals surface area (Å²) in [5, 5.41) is 23.0. The molecule has 0 amide bonds. The van der Waals surface area contributed by atoms with E-state index in [1.165, 1.54) is 23.5 Å². The number of halogens is 1. The largest absolute Gasteiger partial charge is 0.384 e. The van der Waals surface area contributed by atoms with Gasteiger partial charge in [-0.3, -0.25) is 19.8 Å². The molecule has 31 heavy (non-hydrogen) atoms. The summed E-state index contributed by atoms with van der Waals surface area (Å²) in [6.07, 6.45) is 0.967. The predicted octanol–water partition coefficient (Wildman–Crippen LogP) is 5.36. The van der Waals surface area contributed by atoms with E-state index in [-0.39, 0.29) is 22.7 Å². The van der Waals surface area contributed by atoms with Crippen LogP contribution in [0, 0.1) is 26.9 Å². The number of nitrogens with zero attached hydrogens (tertiary/aromatic N) is 3. The number of hydrogen-bond donors (Lipinski definition) is 1. The second-order valence-electron chi connectivity index (χ2n) is 8.42. The minimum atomic E-state index is -0.519. The van der Waals surface area contributed by atoms with E-state index in [9.17, 15) is 20.2 Å². The van der Waals surface area contributed by atoms with Crippen molar-refractivity contribution in [2.75, 3.05) is 4.90 Å². The van der Waals surface area contributed by atoms with Gasteiger partial charge in [0.15, 0.2) is 5.78 Å². The summed E-state index contributed by atoms with van der Waals surface area (Å²) in [6, 6.07) is 10.1. The number of rotatable bonds is 3. The van der Waals surface area contributed by atoms with Crippen molar-refractivity contribution in [2.45, 2.75) is 32.6 Å². The van der Waals surface area contributed by atoms with Crippen molar-refractivity contribution in [1.29, 1.82) is 5.26 Å². The molecule has 1 aliphatic carbocycles. The number of nitro groups is 1. The van der Waals surface area contributed by atoms with E-state index in [4.69, 9.17) is 5.73 Å². The van der Waals surface area contributed by atoms with Crippen LogP contribution < -0.4 is 10.6 Å². The lowest BCUT2D eigenvalue weighted by atomic mass is 9.69. The van der Waals surface area contributed by atoms with Gasteiger partial charge in [0.05, 0.1) is 22.5 Å². The molecule has 2 N–H and O–H groups in total. The Kier molecular flexibility index (Phi) is 5.23. The number of hydrogen-bond acceptors (Lipinski definition) is 7. The fourth-order valence-electron chi connectivity index (χ4n) is 4.29. The number of carbonyl (C=O) groups excluding carboxylic acids is 1. The van der Waals surface area contributed by atoms with Gasteiger partial charge in [0.2, 0.25) is 0 Å². The number of nitrogens with two attached hydrogens (primary N) is 1. The number of allylic oxidation sites excluding steroid dienone is 3. The number of anilines is 1. The summed E-state index contributed by atoms with van der Waals surface area (Å²) < 4.78 is 0.881. The van der Waals surface area contributed by atoms with E-state index in [0.717, 1.165) is 15.0 Å². The van der Waals surface area contributed by atoms with Gasteiger partial charge in [-0.05, 0) is 46.0 Å². The van der Waals surface area contributed by atoms with Crippen molar-refractivity contribution in [3.8, 4) is 6.07 Å². The van der Waals surface area contributed by atoms with E-state index in [1.54, 1.807) is 17.0 Å². The van der Waals surface area contributed by atoms with Gasteiger partial charge in [0, 0.05) is 50.2 Å². The number of Topliss-reactive ketones (excluding diaryl/α,β-unsaturated/α-hetero) is 1. The molecular weight excluding hydrogens is 480 g/mol. The van der Waals surface area contributed by atoms with Crippen LogP contribution in [0.2, 0.25) is 0 Å². The average molecular weight is 499 g/mol. The molecule has 0 unspecified atom stereocenters. The number of benzene rings is 1. The molecule has 2 aliphatic rings. The summed E-state index contributed by atoms with van der Waals surface area (Å²) >= 11 is 4.93. The second kappa shape index (κ2) is 7.62. The topological polar surface area (TPSA) is 113 Å². The lowest BCUT2D eigenvalue weighted by Crippen LogP contribution is -2.42. The molecule has 1 aromatic heterocycles. The molecule has 0 radical (unpaired) electrons. The van der Waals surface area contributed by atoms with E-state index in [0.29, 0.717) is 29.7 Å². The van der Waals surface area contributed by atoms with Crippen molar-refractivity contribution in [3.05, 3.63) is 77.8 Å². The van der Waals surface area contributed by atoms with Crippen LogP contribution >= 0.6 is 27.3 Å². The van der Waals surface area contributed by atoms with Crippen LogP contribution in [-0.4, -0.2) is 10.7 Å². The normalized spacial score (nSPS) is 20.5. The molecule has 4 rings (SSSR count). The zero-order valence-corrected chi connectivity index (χ0v) is 19.3. The van der Waals surface area contributed by atoms with Crippen LogP contribution in [0.25, 0.3) is 0 Å². The van der Waals surface area contributed by atoms with Gasteiger partial charge in [-0.1, -0.05) is 13.8 Å². The molecule has 2 heterocycles. The molecule has 0 bridgehead atoms. The Balaban J connectivity index is 1.96. The van der Waals surface area contributed by atoms with Crippen molar-refractivity contribution in [1.82, 2.24) is 0 Å². The summed E-state index contributed by atoms with van der Waals surface area (Å²) in [5.41, 5.74) is 8.44. The van der Waals surface area contributed by atoms with Gasteiger partial charge in [0.1, 0.15) is 5.82 Å². The summed E-state index contributed by atoms with van der Waals surface area (Å²) in [6.45, 7) is 4.05. The number of non-ortho nitro benzene ring substituents is 1. The fourth-order valence-corrected chi connectivity index (χ4v) is 5.85. The first kappa shape index (κ1) is 21.3. The molecule has 2 aromatic rings. The molecule has 7 nitrogen and oxygen atoms in total. The first-order chi connectivity index (χ1) is 14.6. The highest BCUT2D eigenvalue weighted by atomic mass is 79.9. The monoisotopic (exact) mass is 498 g/mol. The number of ketones is 1. The zero-order valence-electron chi connectivity index (χ0n) is 16.9. The van der Waals surface area contributed by atoms with E-state index >= 15 is 0 Å². The van der Waals surface area contributed by atoms with E-state index in [1.807, 2.05) is 25.3 Å². The Bertz CT molecular complexity index is 1200. The minimum absolute atomic E-state index is 0.00654. The SMILES string of the molecule is CC1(C)CC(=O)C2=C(C1)N(c1ccc([N+](=O)[O-])cc1)C(N)=C(C#N)[C@H]2c1cc(Br)cs1. The van der Waals surface area contributed by atoms with Crippen LogP contribution in [-0.2, 0) is 4.79 Å². The van der Waals surface area contributed by atoms with Crippen molar-refractivity contribution in [3.63, 3.8) is 0 Å². The Morgan fingerprint density at radius 1 is 1.32 bits per heavy atom. The Labute approximate surface area is 191 Å². The Morgan fingerprint density at radius 3 is 2.55 bits per heavy atom. The smallest absolute Gasteiger partial charge is 0.269 e. The van der Waals surface area contributed by atoms with Gasteiger partial charge >= 0.3 is 0 Å². The third-order valence-electron chi connectivity index (χ3n) is 5.57. The van der Waals surface area contributed by atoms with Gasteiger partial charge in [0.25, 0.3) is 5.69 Å². The van der Waals surface area contributed by atoms with Gasteiger partial charge in [-0.25, -0.2) is 0 Å². The second-order valence-corrected chi connectivity index (χ2v) is 10.3. The third kappa shape index (κ3) is 3.66. The molecule has 1 atom stereocenters. The van der Waals surface area contributed by atoms with Crippen molar-refractivity contribution < 1.29 is 9.72 Å². The molecule has 1 aromatic carbocycles. The average Bonchev–Trinajstić information content (AvgIpc) is 3.12. The highest BCUT2D eigenvalue weighted by Crippen LogP contribution is 2.51. The van der Waals surface area contributed by atoms with Gasteiger partial charge < -0.3 is 5.73 Å². The Morgan fingerprint density at radius 2 is 2.00 bits per heavy atom. The number of nitro benzene ring substituents is 1. The molecular formula is C22H19BrN4O3S. The summed E-state index contributed by atoms with van der Waals surface area (Å²) in [4.78, 5) is 26.6. The minimum Gasteiger partial charge on any atom is -0.384 e. The quantitative estimate of drug-likeness (QED) is 0.449. The van der Waals surface area contributed by atoms with Gasteiger partial charge in [-0.2, -0.15) is 5.26 Å². The standard InChI is InChI=1S/C22H19BrN4O3S/c1-22(2)8-16-20(17(28)9-22)19(18-7-12(23)11-31-18)15(10-24)21(25)26(16)13-3-5-14(6-4-13)27(29)30/h3-7,11,19H,8-9,25H2,1-2H3/t19-/m0/s1. The molecule has 0 fully saturated rings. The van der Waals surface area contributed by atoms with Crippen LogP contribution in [0.3, 0.4) is 0 Å². The van der Waals surface area contributed by atoms with Crippen LogP contribution in [0.1, 0.15) is 37.5 Å². The maximum atomic E-state index is 13.4. The molecule has 0 saturated carbocycles. The van der Waals surface area contributed by atoms with E-state index in [2.05, 4.69) is 22.0 Å². The third-order valence-corrected chi connectivity index (χ3v) is 7.33. The summed E-state index contributed by atoms with van der Waals surface area (Å²) in [7, 11) is 0. The first-order valence-electron chi connectivity index (χ1n) is 9.57. The van der Waals surface area contributed by atoms with Crippen molar-refractivity contribution in [2.24, 2.45) is 11.1 Å².